The number of para-hydroxylation sites is 2. The van der Waals surface area contributed by atoms with Crippen molar-refractivity contribution in [2.24, 2.45) is 9.98 Å². The molecule has 0 fully saturated rings. The molecular weight excluding hydrogens is 1090 g/mol. The summed E-state index contributed by atoms with van der Waals surface area (Å²) < 4.78 is 51.6. The van der Waals surface area contributed by atoms with Crippen molar-refractivity contribution >= 4 is 34.4 Å². The van der Waals surface area contributed by atoms with Crippen LogP contribution in [0.25, 0.3) is 22.5 Å². The summed E-state index contributed by atoms with van der Waals surface area (Å²) in [6.07, 6.45) is 4.35. The number of rotatable bonds is 4. The maximum Gasteiger partial charge on any atom is 1.00 e. The molecule has 6 aromatic rings. The van der Waals surface area contributed by atoms with E-state index in [1.54, 1.807) is 48.8 Å². The molecule has 6 rings (SSSR count). The van der Waals surface area contributed by atoms with Crippen LogP contribution in [0.3, 0.4) is 0 Å². The molecule has 2 heterocycles. The molecule has 0 aliphatic heterocycles. The minimum Gasteiger partial charge on any atom is 0 e. The van der Waals surface area contributed by atoms with E-state index in [0.717, 1.165) is 41.9 Å². The minimum absolute atomic E-state index is 0. The van der Waals surface area contributed by atoms with E-state index in [2.05, 4.69) is 41.7 Å². The fourth-order valence-corrected chi connectivity index (χ4v) is 3.33. The van der Waals surface area contributed by atoms with E-state index in [-0.39, 0.29) is 60.8 Å². The topological polar surface area (TPSA) is 141 Å². The van der Waals surface area contributed by atoms with E-state index in [1.807, 2.05) is 60.7 Å². The quantitative estimate of drug-likeness (QED) is 0.0779. The Balaban J connectivity index is -0.000000610. The van der Waals surface area contributed by atoms with Crippen molar-refractivity contribution in [3.63, 3.8) is 0 Å². The second kappa shape index (κ2) is 35.4. The van der Waals surface area contributed by atoms with Crippen molar-refractivity contribution in [2.75, 3.05) is 0 Å². The minimum atomic E-state index is -0.649. The Kier molecular flexibility index (Phi) is 35.3. The molecule has 0 saturated heterocycles. The van der Waals surface area contributed by atoms with Gasteiger partial charge in [-0.05, 0) is 23.5 Å². The number of aliphatic hydroxyl groups is 1. The number of aromatic nitrogens is 2. The van der Waals surface area contributed by atoms with Gasteiger partial charge in [-0.15, -0.1) is 48.5 Å². The van der Waals surface area contributed by atoms with Gasteiger partial charge in [0.2, 0.25) is 0 Å². The fourth-order valence-electron chi connectivity index (χ4n) is 3.33. The molecule has 275 valence electrons. The molecule has 2 aromatic heterocycles. The predicted octanol–water partition coefficient (Wildman–Crippen LogP) is 5.80. The molecule has 4 aromatic carbocycles. The first kappa shape index (κ1) is 53.8. The van der Waals surface area contributed by atoms with E-state index in [9.17, 15) is 17.6 Å². The Labute approximate surface area is 361 Å². The summed E-state index contributed by atoms with van der Waals surface area (Å²) in [6.45, 7) is 9.95. The second-order valence-electron chi connectivity index (χ2n) is 8.63. The maximum atomic E-state index is 13.2. The standard InChI is InChI=1S/2C11H6F2N.2C7H6N.2CHNO.ClH.2Ir.Na/c2*12-8-4-5-9(10(13)7-8)11-3-1-2-6-14-11;2*1-8-7-5-3-2-4-6-7;2*2-1-3;;;;/h2*1-4,6-7H;2*1-6H;2*3H;1H;;;/q4*-1;;;;;+3;+1/p-2. The Morgan fingerprint density at radius 2 is 0.963 bits per heavy atom. The van der Waals surface area contributed by atoms with E-state index in [0.29, 0.717) is 17.6 Å². The normalized spacial score (nSPS) is 8.15. The Hall–Kier alpha value is -4.59. The number of benzene rings is 4. The zero-order chi connectivity index (χ0) is 39.0. The van der Waals surface area contributed by atoms with Crippen LogP contribution in [0.2, 0.25) is 0 Å². The number of nitrogens with zero attached hydrogens (tertiary/aromatic N) is 6. The molecule has 54 heavy (non-hydrogen) atoms. The molecule has 8 nitrogen and oxygen atoms in total. The van der Waals surface area contributed by atoms with Gasteiger partial charge in [-0.25, -0.2) is 5.26 Å². The number of nitriles is 2. The van der Waals surface area contributed by atoms with Crippen LogP contribution < -0.4 is 34.7 Å². The summed E-state index contributed by atoms with van der Waals surface area (Å²) in [5.41, 5.74) is 2.90. The van der Waals surface area contributed by atoms with Crippen LogP contribution in [0.4, 0.5) is 28.9 Å². The molecule has 0 bridgehead atoms. The molecule has 0 amide bonds. The maximum absolute atomic E-state index is 13.2. The molecule has 16 heteroatoms. The van der Waals surface area contributed by atoms with E-state index in [1.165, 1.54) is 17.9 Å². The van der Waals surface area contributed by atoms with Crippen LogP contribution in [0.15, 0.2) is 144 Å². The molecule has 0 aliphatic carbocycles. The van der Waals surface area contributed by atoms with Gasteiger partial charge < -0.3 is 30.2 Å². The van der Waals surface area contributed by atoms with Crippen molar-refractivity contribution < 1.29 is 95.3 Å². The molecule has 1 N–H and O–H groups in total. The summed E-state index contributed by atoms with van der Waals surface area (Å²) in [7, 11) is 4.64. The first-order chi connectivity index (χ1) is 25.2. The average molecular weight is 1120 g/mol. The fraction of sp³-hybridized carbons (Fsp3) is 0. The third-order valence-electron chi connectivity index (χ3n) is 5.37. The number of aliphatic hydroxyl groups excluding tert-OH is 1. The van der Waals surface area contributed by atoms with Gasteiger partial charge in [-0.1, -0.05) is 95.3 Å². The van der Waals surface area contributed by atoms with Crippen molar-refractivity contribution in [3.05, 3.63) is 169 Å². The number of aliphatic imine (C=N–C) groups is 2. The molecule has 0 unspecified atom stereocenters. The largest absolute Gasteiger partial charge is 1.00 e. The summed E-state index contributed by atoms with van der Waals surface area (Å²) in [5.74, 6) is -2.57. The summed E-state index contributed by atoms with van der Waals surface area (Å²) >= 11 is 1.47. The van der Waals surface area contributed by atoms with Crippen LogP contribution in [-0.4, -0.2) is 28.5 Å². The SMILES string of the molecule is Fc1c[c-]c(-c2ccccn2)c(F)c1.Fc1c[c-]c(-c2ccccn2)c(F)c1.N#CO.N#C[O-].[CH-]=Nc1ccccc1.[CH-]=Nc1ccccc1.[Cl][Ir+2].[Ir].[Na+]. The number of hydrogen-bond acceptors (Lipinski definition) is 8. The van der Waals surface area contributed by atoms with Gasteiger partial charge in [0.25, 0.3) is 6.26 Å². The van der Waals surface area contributed by atoms with Gasteiger partial charge in [0.15, 0.2) is 0 Å². The molecule has 0 atom stereocenters. The molecule has 0 aliphatic rings. The van der Waals surface area contributed by atoms with Gasteiger partial charge in [0.1, 0.15) is 0 Å². The first-order valence-corrected chi connectivity index (χ1v) is 16.9. The Morgan fingerprint density at radius 3 is 1.19 bits per heavy atom. The number of halogens is 5. The Bertz CT molecular complexity index is 1810. The van der Waals surface area contributed by atoms with Gasteiger partial charge in [-0.2, -0.15) is 18.7 Å². The van der Waals surface area contributed by atoms with Crippen molar-refractivity contribution in [1.29, 1.82) is 10.5 Å². The third-order valence-corrected chi connectivity index (χ3v) is 5.37. The molecule has 0 saturated carbocycles. The van der Waals surface area contributed by atoms with Crippen molar-refractivity contribution in [2.45, 2.75) is 0 Å². The van der Waals surface area contributed by atoms with Crippen LogP contribution in [-0.2, 0) is 38.0 Å². The second-order valence-corrected chi connectivity index (χ2v) is 8.63. The van der Waals surface area contributed by atoms with Crippen LogP contribution >= 0.6 is 9.58 Å². The van der Waals surface area contributed by atoms with E-state index in [4.69, 9.17) is 34.2 Å². The van der Waals surface area contributed by atoms with Gasteiger partial charge in [0.05, 0.1) is 0 Å². The monoisotopic (exact) mass is 1120 g/mol. The summed E-state index contributed by atoms with van der Waals surface area (Å²) in [4.78, 5) is 14.8. The number of pyridine rings is 2. The van der Waals surface area contributed by atoms with Crippen LogP contribution in [0.5, 0.6) is 0 Å². The first-order valence-electron chi connectivity index (χ1n) is 13.9. The zero-order valence-corrected chi connectivity index (χ0v) is 35.5. The van der Waals surface area contributed by atoms with Gasteiger partial charge in [0, 0.05) is 62.0 Å². The van der Waals surface area contributed by atoms with Crippen LogP contribution in [0, 0.1) is 58.4 Å². The smallest absolute Gasteiger partial charge is 0 e. The van der Waals surface area contributed by atoms with E-state index >= 15 is 0 Å². The van der Waals surface area contributed by atoms with E-state index < -0.39 is 23.3 Å². The summed E-state index contributed by atoms with van der Waals surface area (Å²) in [6, 6.07) is 37.9. The van der Waals surface area contributed by atoms with Gasteiger partial charge >= 0.3 is 57.0 Å². The molecular formula is C38H25ClF4Ir2N6NaO2-2. The van der Waals surface area contributed by atoms with Crippen molar-refractivity contribution in [1.82, 2.24) is 9.97 Å². The molecule has 1 radical (unpaired) electrons. The third kappa shape index (κ3) is 23.9. The van der Waals surface area contributed by atoms with Crippen LogP contribution in [0.1, 0.15) is 0 Å². The van der Waals surface area contributed by atoms with Crippen molar-refractivity contribution in [3.8, 4) is 35.0 Å². The summed E-state index contributed by atoms with van der Waals surface area (Å²) in [5, 5.41) is 28.8. The molecule has 0 spiro atoms. The zero-order valence-electron chi connectivity index (χ0n) is 28.0. The van der Waals surface area contributed by atoms with Gasteiger partial charge in [-0.3, -0.25) is 17.6 Å². The average Bonchev–Trinajstić information content (AvgIpc) is 3.18. The number of hydrogen-bond donors (Lipinski definition) is 1. The predicted molar refractivity (Wildman–Crippen MR) is 185 cm³/mol. The Morgan fingerprint density at radius 1 is 0.667 bits per heavy atom.